The van der Waals surface area contributed by atoms with E-state index in [0.29, 0.717) is 38.8 Å². The second kappa shape index (κ2) is 7.23. The lowest BCUT2D eigenvalue weighted by molar-refractivity contribution is -0.127. The van der Waals surface area contributed by atoms with Crippen molar-refractivity contribution in [1.29, 1.82) is 0 Å². The second-order valence-electron chi connectivity index (χ2n) is 5.52. The van der Waals surface area contributed by atoms with Crippen LogP contribution in [-0.4, -0.2) is 55.0 Å². The molecule has 0 aromatic heterocycles. The topological polar surface area (TPSA) is 83.0 Å². The maximum atomic E-state index is 12.3. The molecular formula is C16H20N4O3. The SMILES string of the molecule is O=C1C[C@H](C(=O)NCc2ccccc2)N=C(N2CCOCC2)N1. The third-order valence-electron chi connectivity index (χ3n) is 3.83. The summed E-state index contributed by atoms with van der Waals surface area (Å²) in [7, 11) is 0. The number of guanidine groups is 1. The smallest absolute Gasteiger partial charge is 0.245 e. The lowest BCUT2D eigenvalue weighted by Crippen LogP contribution is -2.53. The molecule has 2 heterocycles. The Morgan fingerprint density at radius 2 is 2.04 bits per heavy atom. The summed E-state index contributed by atoms with van der Waals surface area (Å²) in [4.78, 5) is 30.5. The van der Waals surface area contributed by atoms with Gasteiger partial charge in [-0.15, -0.1) is 0 Å². The van der Waals surface area contributed by atoms with E-state index >= 15 is 0 Å². The molecule has 1 atom stereocenters. The maximum absolute atomic E-state index is 12.3. The number of hydrogen-bond acceptors (Lipinski definition) is 5. The van der Waals surface area contributed by atoms with E-state index in [2.05, 4.69) is 15.6 Å². The van der Waals surface area contributed by atoms with E-state index in [0.717, 1.165) is 5.56 Å². The van der Waals surface area contributed by atoms with Crippen LogP contribution in [0.5, 0.6) is 0 Å². The molecule has 0 unspecified atom stereocenters. The van der Waals surface area contributed by atoms with Crippen molar-refractivity contribution in [2.45, 2.75) is 19.0 Å². The first-order valence-electron chi connectivity index (χ1n) is 7.74. The van der Waals surface area contributed by atoms with Crippen molar-refractivity contribution in [2.75, 3.05) is 26.3 Å². The van der Waals surface area contributed by atoms with Gasteiger partial charge in [0.15, 0.2) is 0 Å². The van der Waals surface area contributed by atoms with Crippen molar-refractivity contribution in [3.8, 4) is 0 Å². The minimum Gasteiger partial charge on any atom is -0.378 e. The second-order valence-corrected chi connectivity index (χ2v) is 5.52. The lowest BCUT2D eigenvalue weighted by Gasteiger charge is -2.32. The maximum Gasteiger partial charge on any atom is 0.245 e. The molecule has 122 valence electrons. The quantitative estimate of drug-likeness (QED) is 0.814. The van der Waals surface area contributed by atoms with Gasteiger partial charge in [0, 0.05) is 19.6 Å². The van der Waals surface area contributed by atoms with Gasteiger partial charge in [-0.05, 0) is 5.56 Å². The molecule has 0 aliphatic carbocycles. The zero-order chi connectivity index (χ0) is 16.1. The lowest BCUT2D eigenvalue weighted by atomic mass is 10.1. The van der Waals surface area contributed by atoms with Gasteiger partial charge >= 0.3 is 0 Å². The van der Waals surface area contributed by atoms with Crippen LogP contribution in [0.15, 0.2) is 35.3 Å². The Labute approximate surface area is 134 Å². The van der Waals surface area contributed by atoms with Gasteiger partial charge in [-0.3, -0.25) is 14.9 Å². The third kappa shape index (κ3) is 4.07. The Bertz CT molecular complexity index is 597. The third-order valence-corrected chi connectivity index (χ3v) is 3.83. The fourth-order valence-electron chi connectivity index (χ4n) is 2.57. The summed E-state index contributed by atoms with van der Waals surface area (Å²) in [5.41, 5.74) is 1.01. The molecule has 2 N–H and O–H groups in total. The van der Waals surface area contributed by atoms with Crippen LogP contribution in [0.1, 0.15) is 12.0 Å². The summed E-state index contributed by atoms with van der Waals surface area (Å²) in [5.74, 6) is 0.0697. The number of carbonyl (C=O) groups excluding carboxylic acids is 2. The first-order chi connectivity index (χ1) is 11.2. The van der Waals surface area contributed by atoms with Gasteiger partial charge in [0.05, 0.1) is 19.6 Å². The van der Waals surface area contributed by atoms with Crippen LogP contribution < -0.4 is 10.6 Å². The van der Waals surface area contributed by atoms with Gasteiger partial charge in [-0.1, -0.05) is 30.3 Å². The molecule has 0 spiro atoms. The van der Waals surface area contributed by atoms with Gasteiger partial charge in [0.1, 0.15) is 6.04 Å². The van der Waals surface area contributed by atoms with Crippen molar-refractivity contribution >= 4 is 17.8 Å². The van der Waals surface area contributed by atoms with Crippen molar-refractivity contribution in [2.24, 2.45) is 4.99 Å². The molecule has 0 radical (unpaired) electrons. The van der Waals surface area contributed by atoms with Crippen LogP contribution in [0.3, 0.4) is 0 Å². The monoisotopic (exact) mass is 316 g/mol. The molecule has 1 aromatic rings. The van der Waals surface area contributed by atoms with Gasteiger partial charge in [0.25, 0.3) is 0 Å². The molecular weight excluding hydrogens is 296 g/mol. The molecule has 2 amide bonds. The van der Waals surface area contributed by atoms with Crippen LogP contribution >= 0.6 is 0 Å². The molecule has 2 aliphatic heterocycles. The first-order valence-corrected chi connectivity index (χ1v) is 7.74. The summed E-state index contributed by atoms with van der Waals surface area (Å²) < 4.78 is 5.29. The summed E-state index contributed by atoms with van der Waals surface area (Å²) in [5, 5.41) is 5.59. The number of ether oxygens (including phenoxy) is 1. The number of rotatable bonds is 3. The molecule has 2 aliphatic rings. The van der Waals surface area contributed by atoms with Gasteiger partial charge < -0.3 is 15.0 Å². The molecule has 23 heavy (non-hydrogen) atoms. The molecule has 7 heteroatoms. The van der Waals surface area contributed by atoms with Crippen molar-refractivity contribution in [3.63, 3.8) is 0 Å². The Morgan fingerprint density at radius 3 is 2.78 bits per heavy atom. The highest BCUT2D eigenvalue weighted by Crippen LogP contribution is 2.09. The number of hydrogen-bond donors (Lipinski definition) is 2. The molecule has 0 bridgehead atoms. The highest BCUT2D eigenvalue weighted by Gasteiger charge is 2.29. The van der Waals surface area contributed by atoms with Crippen LogP contribution in [0.25, 0.3) is 0 Å². The number of morpholine rings is 1. The summed E-state index contributed by atoms with van der Waals surface area (Å²) in [6, 6.07) is 8.97. The minimum atomic E-state index is -0.676. The van der Waals surface area contributed by atoms with Crippen molar-refractivity contribution < 1.29 is 14.3 Å². The number of nitrogens with zero attached hydrogens (tertiary/aromatic N) is 2. The molecule has 7 nitrogen and oxygen atoms in total. The summed E-state index contributed by atoms with van der Waals surface area (Å²) in [6.45, 7) is 2.95. The fourth-order valence-corrected chi connectivity index (χ4v) is 2.57. The van der Waals surface area contributed by atoms with Gasteiger partial charge in [-0.2, -0.15) is 0 Å². The molecule has 1 aromatic carbocycles. The minimum absolute atomic E-state index is 0.0778. The highest BCUT2D eigenvalue weighted by molar-refractivity contribution is 6.03. The van der Waals surface area contributed by atoms with E-state index in [-0.39, 0.29) is 18.2 Å². The first kappa shape index (κ1) is 15.5. The standard InChI is InChI=1S/C16H20N4O3/c21-14-10-13(15(22)17-11-12-4-2-1-3-5-12)18-16(19-14)20-6-8-23-9-7-20/h1-5,13H,6-11H2,(H,17,22)(H,18,19,21)/t13-/m1/s1. The Balaban J connectivity index is 1.63. The van der Waals surface area contributed by atoms with Crippen LogP contribution in [0, 0.1) is 0 Å². The molecule has 3 rings (SSSR count). The van der Waals surface area contributed by atoms with E-state index in [4.69, 9.17) is 4.74 Å². The molecule has 1 saturated heterocycles. The van der Waals surface area contributed by atoms with Crippen LogP contribution in [0.4, 0.5) is 0 Å². The van der Waals surface area contributed by atoms with Crippen LogP contribution in [0.2, 0.25) is 0 Å². The van der Waals surface area contributed by atoms with Crippen molar-refractivity contribution in [1.82, 2.24) is 15.5 Å². The normalized spacial score (nSPS) is 21.4. The van der Waals surface area contributed by atoms with E-state index < -0.39 is 6.04 Å². The molecule has 0 saturated carbocycles. The van der Waals surface area contributed by atoms with Crippen LogP contribution in [-0.2, 0) is 20.9 Å². The van der Waals surface area contributed by atoms with Gasteiger partial charge in [0.2, 0.25) is 17.8 Å². The average molecular weight is 316 g/mol. The number of aliphatic imine (C=N–C) groups is 1. The summed E-state index contributed by atoms with van der Waals surface area (Å²) >= 11 is 0. The Hall–Kier alpha value is -2.41. The number of benzene rings is 1. The fraction of sp³-hybridized carbons (Fsp3) is 0.438. The van der Waals surface area contributed by atoms with E-state index in [1.165, 1.54) is 0 Å². The molecule has 1 fully saturated rings. The van der Waals surface area contributed by atoms with Crippen molar-refractivity contribution in [3.05, 3.63) is 35.9 Å². The van der Waals surface area contributed by atoms with E-state index in [9.17, 15) is 9.59 Å². The number of carbonyl (C=O) groups is 2. The van der Waals surface area contributed by atoms with E-state index in [1.54, 1.807) is 0 Å². The zero-order valence-electron chi connectivity index (χ0n) is 12.8. The Morgan fingerprint density at radius 1 is 1.30 bits per heavy atom. The average Bonchev–Trinajstić information content (AvgIpc) is 2.61. The highest BCUT2D eigenvalue weighted by atomic mass is 16.5. The number of nitrogens with one attached hydrogen (secondary N) is 2. The Kier molecular flexibility index (Phi) is 4.87. The zero-order valence-corrected chi connectivity index (χ0v) is 12.8. The number of amides is 2. The summed E-state index contributed by atoms with van der Waals surface area (Å²) in [6.07, 6.45) is 0.0778. The largest absolute Gasteiger partial charge is 0.378 e. The predicted octanol–water partition coefficient (Wildman–Crippen LogP) is -0.120. The van der Waals surface area contributed by atoms with Gasteiger partial charge in [-0.25, -0.2) is 4.99 Å². The predicted molar refractivity (Wildman–Crippen MR) is 84.7 cm³/mol. The van der Waals surface area contributed by atoms with E-state index in [1.807, 2.05) is 35.2 Å².